The zero-order chi connectivity index (χ0) is 24.8. The van der Waals surface area contributed by atoms with Crippen molar-refractivity contribution in [3.8, 4) is 0 Å². The fourth-order valence-corrected chi connectivity index (χ4v) is 11.7. The first-order valence-electron chi connectivity index (χ1n) is 12.3. The van der Waals surface area contributed by atoms with Crippen LogP contribution in [0, 0.1) is 0 Å². The molecule has 0 heterocycles. The fraction of sp³-hybridized carbons (Fsp3) is 1.00. The van der Waals surface area contributed by atoms with Crippen LogP contribution in [0.3, 0.4) is 0 Å². The molecule has 32 heavy (non-hydrogen) atoms. The van der Waals surface area contributed by atoms with Crippen LogP contribution in [0.25, 0.3) is 0 Å². The second kappa shape index (κ2) is 18.0. The molecule has 0 saturated heterocycles. The highest BCUT2D eigenvalue weighted by molar-refractivity contribution is 7.60. The number of hydrogen-bond acceptors (Lipinski definition) is 6. The summed E-state index contributed by atoms with van der Waals surface area (Å²) in [5, 5.41) is 0. The van der Waals surface area contributed by atoms with E-state index in [9.17, 15) is 0 Å². The highest BCUT2D eigenvalue weighted by atomic mass is 31.1. The molecule has 0 aliphatic rings. The van der Waals surface area contributed by atoms with Crippen LogP contribution >= 0.6 is 15.8 Å². The van der Waals surface area contributed by atoms with Crippen molar-refractivity contribution in [1.82, 2.24) is 4.90 Å². The van der Waals surface area contributed by atoms with E-state index in [1.165, 1.54) is 0 Å². The minimum absolute atomic E-state index is 0.0209. The minimum Gasteiger partial charge on any atom is -0.377 e. The van der Waals surface area contributed by atoms with Crippen molar-refractivity contribution in [2.45, 2.75) is 122 Å². The van der Waals surface area contributed by atoms with Gasteiger partial charge in [0, 0.05) is 46.6 Å². The summed E-state index contributed by atoms with van der Waals surface area (Å²) in [6.07, 6.45) is 3.86. The first-order valence-corrected chi connectivity index (χ1v) is 15.4. The van der Waals surface area contributed by atoms with E-state index in [1.54, 1.807) is 0 Å². The molecule has 0 spiro atoms. The molecule has 0 rings (SSSR count). The average molecular weight is 498 g/mol. The van der Waals surface area contributed by atoms with Gasteiger partial charge in [-0.05, 0) is 69.2 Å². The molecular weight excluding hydrogens is 444 g/mol. The number of nitrogens with zero attached hydrogens (tertiary/aromatic N) is 1. The van der Waals surface area contributed by atoms with Gasteiger partial charge in [0.05, 0.1) is 23.4 Å². The number of ether oxygens (including phenoxy) is 5. The Morgan fingerprint density at radius 3 is 1.03 bits per heavy atom. The molecule has 0 fully saturated rings. The SMILES string of the molecule is CCOC(C)N(C(C)P(C(CC)OC)C(CC)OC)C(C)P(C(CC)OC)C(CC)OC. The number of rotatable bonds is 19. The van der Waals surface area contributed by atoms with E-state index in [0.29, 0.717) is 6.61 Å². The van der Waals surface area contributed by atoms with E-state index in [4.69, 9.17) is 23.7 Å². The zero-order valence-electron chi connectivity index (χ0n) is 23.0. The molecule has 7 atom stereocenters. The third-order valence-corrected chi connectivity index (χ3v) is 13.6. The molecule has 0 aromatic heterocycles. The molecule has 0 bridgehead atoms. The first kappa shape index (κ1) is 32.6. The summed E-state index contributed by atoms with van der Waals surface area (Å²) in [5.41, 5.74) is 0. The van der Waals surface area contributed by atoms with Gasteiger partial charge in [0.2, 0.25) is 0 Å². The van der Waals surface area contributed by atoms with Gasteiger partial charge in [-0.3, -0.25) is 4.90 Å². The Morgan fingerprint density at radius 1 is 0.562 bits per heavy atom. The first-order chi connectivity index (χ1) is 15.3. The Bertz CT molecular complexity index is 388. The Morgan fingerprint density at radius 2 is 0.844 bits per heavy atom. The van der Waals surface area contributed by atoms with E-state index in [1.807, 2.05) is 28.4 Å². The van der Waals surface area contributed by atoms with E-state index < -0.39 is 15.8 Å². The second-order valence-corrected chi connectivity index (χ2v) is 13.6. The van der Waals surface area contributed by atoms with Crippen LogP contribution < -0.4 is 0 Å². The molecule has 7 unspecified atom stereocenters. The van der Waals surface area contributed by atoms with Crippen molar-refractivity contribution in [1.29, 1.82) is 0 Å². The van der Waals surface area contributed by atoms with E-state index in [0.717, 1.165) is 25.7 Å². The average Bonchev–Trinajstić information content (AvgIpc) is 2.79. The van der Waals surface area contributed by atoms with Crippen molar-refractivity contribution in [2.75, 3.05) is 35.0 Å². The molecule has 0 N–H and O–H groups in total. The van der Waals surface area contributed by atoms with Gasteiger partial charge in [-0.25, -0.2) is 0 Å². The van der Waals surface area contributed by atoms with E-state index >= 15 is 0 Å². The van der Waals surface area contributed by atoms with Crippen LogP contribution in [0.2, 0.25) is 0 Å². The van der Waals surface area contributed by atoms with Crippen LogP contribution in [0.1, 0.15) is 81.1 Å². The Balaban J connectivity index is 6.48. The lowest BCUT2D eigenvalue weighted by molar-refractivity contribution is -0.0534. The monoisotopic (exact) mass is 497 g/mol. The van der Waals surface area contributed by atoms with E-state index in [2.05, 4.69) is 60.3 Å². The Kier molecular flexibility index (Phi) is 18.3. The summed E-state index contributed by atoms with van der Waals surface area (Å²) in [7, 11) is 6.11. The lowest BCUT2D eigenvalue weighted by Gasteiger charge is -2.49. The van der Waals surface area contributed by atoms with Crippen LogP contribution in [0.15, 0.2) is 0 Å². The third kappa shape index (κ3) is 8.68. The summed E-state index contributed by atoms with van der Waals surface area (Å²) in [6, 6.07) is 0. The van der Waals surface area contributed by atoms with Gasteiger partial charge < -0.3 is 23.7 Å². The molecule has 0 aromatic rings. The lowest BCUT2D eigenvalue weighted by atomic mass is 10.4. The summed E-state index contributed by atoms with van der Waals surface area (Å²) < 4.78 is 30.3. The van der Waals surface area contributed by atoms with Crippen LogP contribution in [-0.4, -0.2) is 81.1 Å². The normalized spacial score (nSPS) is 20.9. The maximum Gasteiger partial charge on any atom is 0.108 e. The smallest absolute Gasteiger partial charge is 0.108 e. The third-order valence-electron chi connectivity index (χ3n) is 6.37. The minimum atomic E-state index is -0.614. The standard InChI is InChI=1S/C24H53NO5P2/c1-13-21(26-9)31(22(14-2)27-10)19(7)25(18(6)30-17-5)20(8)32(23(15-3)28-11)24(16-4)29-12/h18-24H,13-17H2,1-12H3. The summed E-state index contributed by atoms with van der Waals surface area (Å²) in [5.74, 6) is 1.21. The quantitative estimate of drug-likeness (QED) is 0.144. The van der Waals surface area contributed by atoms with Gasteiger partial charge in [0.1, 0.15) is 6.23 Å². The van der Waals surface area contributed by atoms with Crippen LogP contribution in [0.4, 0.5) is 0 Å². The fourth-order valence-electron chi connectivity index (χ4n) is 4.89. The van der Waals surface area contributed by atoms with Crippen molar-refractivity contribution in [3.63, 3.8) is 0 Å². The van der Waals surface area contributed by atoms with E-state index in [-0.39, 0.29) is 41.2 Å². The van der Waals surface area contributed by atoms with Gasteiger partial charge in [-0.15, -0.1) is 0 Å². The van der Waals surface area contributed by atoms with Crippen LogP contribution in [0.5, 0.6) is 0 Å². The molecule has 6 nitrogen and oxygen atoms in total. The number of methoxy groups -OCH3 is 4. The summed E-state index contributed by atoms with van der Waals surface area (Å²) in [6.45, 7) is 18.5. The highest BCUT2D eigenvalue weighted by Crippen LogP contribution is 2.60. The molecule has 0 amide bonds. The predicted molar refractivity (Wildman–Crippen MR) is 140 cm³/mol. The predicted octanol–water partition coefficient (Wildman–Crippen LogP) is 6.86. The molecule has 0 aliphatic heterocycles. The number of hydrogen-bond donors (Lipinski definition) is 0. The van der Waals surface area contributed by atoms with Gasteiger partial charge in [0.15, 0.2) is 0 Å². The van der Waals surface area contributed by atoms with Crippen molar-refractivity contribution in [3.05, 3.63) is 0 Å². The second-order valence-electron chi connectivity index (χ2n) is 8.05. The van der Waals surface area contributed by atoms with Crippen molar-refractivity contribution in [2.24, 2.45) is 0 Å². The zero-order valence-corrected chi connectivity index (χ0v) is 24.7. The molecule has 194 valence electrons. The lowest BCUT2D eigenvalue weighted by Crippen LogP contribution is -2.49. The molecule has 0 saturated carbocycles. The van der Waals surface area contributed by atoms with Crippen LogP contribution in [-0.2, 0) is 23.7 Å². The molecule has 0 aliphatic carbocycles. The topological polar surface area (TPSA) is 49.4 Å². The molecular formula is C24H53NO5P2. The van der Waals surface area contributed by atoms with Crippen molar-refractivity contribution < 1.29 is 23.7 Å². The Hall–Kier alpha value is 0.620. The largest absolute Gasteiger partial charge is 0.377 e. The Labute approximate surface area is 201 Å². The van der Waals surface area contributed by atoms with Gasteiger partial charge in [-0.1, -0.05) is 27.7 Å². The van der Waals surface area contributed by atoms with Gasteiger partial charge in [0.25, 0.3) is 0 Å². The molecule has 8 heteroatoms. The van der Waals surface area contributed by atoms with Crippen molar-refractivity contribution >= 4 is 15.8 Å². The maximum atomic E-state index is 6.22. The van der Waals surface area contributed by atoms with Gasteiger partial charge >= 0.3 is 0 Å². The maximum absolute atomic E-state index is 6.22. The summed E-state index contributed by atoms with van der Waals surface area (Å²) >= 11 is 0. The molecule has 0 radical (unpaired) electrons. The summed E-state index contributed by atoms with van der Waals surface area (Å²) in [4.78, 5) is 2.58. The van der Waals surface area contributed by atoms with Gasteiger partial charge in [-0.2, -0.15) is 0 Å². The molecule has 0 aromatic carbocycles. The highest BCUT2D eigenvalue weighted by Gasteiger charge is 2.43.